The molecule has 0 radical (unpaired) electrons. The van der Waals surface area contributed by atoms with Crippen LogP contribution in [0.2, 0.25) is 0 Å². The molecule has 1 rings (SSSR count). The van der Waals surface area contributed by atoms with Crippen molar-refractivity contribution in [3.05, 3.63) is 0 Å². The largest absolute Gasteiger partial charge is 0.215 e. The van der Waals surface area contributed by atoms with Gasteiger partial charge in [-0.15, -0.1) is 0 Å². The van der Waals surface area contributed by atoms with Gasteiger partial charge in [-0.3, -0.25) is 0 Å². The third-order valence-corrected chi connectivity index (χ3v) is 5.32. The SMILES string of the molecule is CCC(C#N)(CC)N1CC(C)CS1(=O)=O. The van der Waals surface area contributed by atoms with Crippen LogP contribution in [0, 0.1) is 17.2 Å². The normalized spacial score (nSPS) is 26.4. The van der Waals surface area contributed by atoms with E-state index in [0.29, 0.717) is 19.4 Å². The molecule has 0 aromatic rings. The Morgan fingerprint density at radius 2 is 2.00 bits per heavy atom. The van der Waals surface area contributed by atoms with Crippen molar-refractivity contribution < 1.29 is 8.42 Å². The zero-order valence-corrected chi connectivity index (χ0v) is 10.3. The van der Waals surface area contributed by atoms with Gasteiger partial charge in [0.2, 0.25) is 10.0 Å². The van der Waals surface area contributed by atoms with Crippen LogP contribution < -0.4 is 0 Å². The zero-order chi connectivity index (χ0) is 11.7. The van der Waals surface area contributed by atoms with Crippen LogP contribution >= 0.6 is 0 Å². The predicted molar refractivity (Wildman–Crippen MR) is 58.6 cm³/mol. The molecule has 1 atom stereocenters. The van der Waals surface area contributed by atoms with Crippen molar-refractivity contribution in [2.45, 2.75) is 39.2 Å². The smallest absolute Gasteiger partial charge is 0.212 e. The molecule has 0 aromatic carbocycles. The van der Waals surface area contributed by atoms with Crippen LogP contribution in [0.5, 0.6) is 0 Å². The Kier molecular flexibility index (Phi) is 3.41. The summed E-state index contributed by atoms with van der Waals surface area (Å²) in [6.45, 7) is 6.12. The number of hydrogen-bond acceptors (Lipinski definition) is 3. The van der Waals surface area contributed by atoms with E-state index in [1.54, 1.807) is 0 Å². The maximum Gasteiger partial charge on any atom is 0.215 e. The first-order valence-corrected chi connectivity index (χ1v) is 6.94. The third-order valence-electron chi connectivity index (χ3n) is 3.16. The summed E-state index contributed by atoms with van der Waals surface area (Å²) in [7, 11) is -3.22. The molecule has 0 N–H and O–H groups in total. The van der Waals surface area contributed by atoms with E-state index >= 15 is 0 Å². The van der Waals surface area contributed by atoms with Gasteiger partial charge in [-0.25, -0.2) is 8.42 Å². The van der Waals surface area contributed by atoms with E-state index in [2.05, 4.69) is 6.07 Å². The summed E-state index contributed by atoms with van der Waals surface area (Å²) in [5.41, 5.74) is -0.830. The van der Waals surface area contributed by atoms with E-state index < -0.39 is 15.6 Å². The molecule has 1 aliphatic rings. The Balaban J connectivity index is 3.12. The second-order valence-corrected chi connectivity index (χ2v) is 6.20. The van der Waals surface area contributed by atoms with Crippen LogP contribution in [0.25, 0.3) is 0 Å². The number of nitriles is 1. The first-order chi connectivity index (χ1) is 6.91. The van der Waals surface area contributed by atoms with Crippen LogP contribution in [0.1, 0.15) is 33.6 Å². The molecule has 15 heavy (non-hydrogen) atoms. The summed E-state index contributed by atoms with van der Waals surface area (Å²) in [6, 6.07) is 2.18. The van der Waals surface area contributed by atoms with Crippen molar-refractivity contribution in [1.29, 1.82) is 5.26 Å². The third kappa shape index (κ3) is 2.01. The van der Waals surface area contributed by atoms with Gasteiger partial charge in [0.1, 0.15) is 5.54 Å². The van der Waals surface area contributed by atoms with Gasteiger partial charge in [0.05, 0.1) is 11.8 Å². The van der Waals surface area contributed by atoms with Gasteiger partial charge < -0.3 is 0 Å². The van der Waals surface area contributed by atoms with Crippen molar-refractivity contribution >= 4 is 10.0 Å². The average molecular weight is 230 g/mol. The van der Waals surface area contributed by atoms with Crippen LogP contribution in [0.15, 0.2) is 0 Å². The summed E-state index contributed by atoms with van der Waals surface area (Å²) in [5, 5.41) is 9.20. The average Bonchev–Trinajstić information content (AvgIpc) is 2.45. The maximum absolute atomic E-state index is 11.9. The highest BCUT2D eigenvalue weighted by Crippen LogP contribution is 2.32. The highest BCUT2D eigenvalue weighted by Gasteiger charge is 2.46. The molecule has 1 aliphatic heterocycles. The fraction of sp³-hybridized carbons (Fsp3) is 0.900. The Hall–Kier alpha value is -0.600. The summed E-state index contributed by atoms with van der Waals surface area (Å²) in [4.78, 5) is 0. The fourth-order valence-corrected chi connectivity index (χ4v) is 4.47. The quantitative estimate of drug-likeness (QED) is 0.735. The molecule has 1 saturated heterocycles. The molecule has 0 bridgehead atoms. The minimum absolute atomic E-state index is 0.126. The van der Waals surface area contributed by atoms with E-state index in [9.17, 15) is 13.7 Å². The van der Waals surface area contributed by atoms with Gasteiger partial charge >= 0.3 is 0 Å². The van der Waals surface area contributed by atoms with Crippen molar-refractivity contribution in [3.8, 4) is 6.07 Å². The molecule has 0 saturated carbocycles. The lowest BCUT2D eigenvalue weighted by Gasteiger charge is -2.32. The van der Waals surface area contributed by atoms with Gasteiger partial charge in [0.15, 0.2) is 0 Å². The summed E-state index contributed by atoms with van der Waals surface area (Å²) < 4.78 is 25.1. The first-order valence-electron chi connectivity index (χ1n) is 5.33. The molecular formula is C10H18N2O2S. The Labute approximate surface area is 91.9 Å². The second kappa shape index (κ2) is 4.11. The Morgan fingerprint density at radius 3 is 2.27 bits per heavy atom. The van der Waals surface area contributed by atoms with Gasteiger partial charge in [0.25, 0.3) is 0 Å². The summed E-state index contributed by atoms with van der Waals surface area (Å²) in [6.07, 6.45) is 1.10. The van der Waals surface area contributed by atoms with E-state index in [1.165, 1.54) is 4.31 Å². The standard InChI is InChI=1S/C10H18N2O2S/c1-4-10(5-2,8-11)12-6-9(3)7-15(12,13)14/h9H,4-7H2,1-3H3. The highest BCUT2D eigenvalue weighted by atomic mass is 32.2. The molecule has 0 aromatic heterocycles. The number of sulfonamides is 1. The lowest BCUT2D eigenvalue weighted by Crippen LogP contribution is -2.47. The maximum atomic E-state index is 11.9. The predicted octanol–water partition coefficient (Wildman–Crippen LogP) is 1.35. The van der Waals surface area contributed by atoms with Gasteiger partial charge in [-0.1, -0.05) is 20.8 Å². The lowest BCUT2D eigenvalue weighted by atomic mass is 9.94. The first kappa shape index (κ1) is 12.5. The van der Waals surface area contributed by atoms with E-state index in [1.807, 2.05) is 20.8 Å². The van der Waals surface area contributed by atoms with Crippen molar-refractivity contribution in [1.82, 2.24) is 4.31 Å². The van der Waals surface area contributed by atoms with Crippen LogP contribution in [-0.4, -0.2) is 30.6 Å². The molecular weight excluding hydrogens is 212 g/mol. The summed E-state index contributed by atoms with van der Waals surface area (Å²) >= 11 is 0. The van der Waals surface area contributed by atoms with Gasteiger partial charge in [-0.05, 0) is 18.8 Å². The van der Waals surface area contributed by atoms with E-state index in [4.69, 9.17) is 0 Å². The monoisotopic (exact) mass is 230 g/mol. The second-order valence-electron chi connectivity index (χ2n) is 4.27. The van der Waals surface area contributed by atoms with Crippen molar-refractivity contribution in [2.24, 2.45) is 5.92 Å². The van der Waals surface area contributed by atoms with Crippen LogP contribution in [0.3, 0.4) is 0 Å². The fourth-order valence-electron chi connectivity index (χ4n) is 2.16. The molecule has 4 nitrogen and oxygen atoms in total. The molecule has 1 heterocycles. The number of nitrogens with zero attached hydrogens (tertiary/aromatic N) is 2. The zero-order valence-electron chi connectivity index (χ0n) is 9.52. The van der Waals surface area contributed by atoms with Gasteiger partial charge in [0, 0.05) is 6.54 Å². The minimum atomic E-state index is -3.22. The number of hydrogen-bond donors (Lipinski definition) is 0. The van der Waals surface area contributed by atoms with Crippen molar-refractivity contribution in [3.63, 3.8) is 0 Å². The molecule has 1 fully saturated rings. The minimum Gasteiger partial charge on any atom is -0.212 e. The number of rotatable bonds is 3. The van der Waals surface area contributed by atoms with Crippen LogP contribution in [0.4, 0.5) is 0 Å². The van der Waals surface area contributed by atoms with E-state index in [0.717, 1.165) is 0 Å². The molecule has 0 aliphatic carbocycles. The molecule has 5 heteroatoms. The van der Waals surface area contributed by atoms with Crippen molar-refractivity contribution in [2.75, 3.05) is 12.3 Å². The molecule has 0 amide bonds. The summed E-state index contributed by atoms with van der Waals surface area (Å²) in [5.74, 6) is 0.303. The Bertz CT molecular complexity index is 365. The van der Waals surface area contributed by atoms with E-state index in [-0.39, 0.29) is 11.7 Å². The topological polar surface area (TPSA) is 61.2 Å². The Morgan fingerprint density at radius 1 is 1.47 bits per heavy atom. The molecule has 1 unspecified atom stereocenters. The highest BCUT2D eigenvalue weighted by molar-refractivity contribution is 7.89. The van der Waals surface area contributed by atoms with Gasteiger partial charge in [-0.2, -0.15) is 9.57 Å². The lowest BCUT2D eigenvalue weighted by molar-refractivity contribution is 0.234. The molecule has 86 valence electrons. The van der Waals surface area contributed by atoms with Crippen LogP contribution in [-0.2, 0) is 10.0 Å². The molecule has 0 spiro atoms.